The van der Waals surface area contributed by atoms with Gasteiger partial charge in [0, 0.05) is 12.6 Å². The lowest BCUT2D eigenvalue weighted by Crippen LogP contribution is -2.21. The van der Waals surface area contributed by atoms with E-state index in [1.54, 1.807) is 0 Å². The molecule has 78 valence electrons. The molecule has 1 aromatic rings. The zero-order chi connectivity index (χ0) is 9.10. The van der Waals surface area contributed by atoms with Gasteiger partial charge in [-0.1, -0.05) is 37.3 Å². The van der Waals surface area contributed by atoms with Crippen LogP contribution in [0.15, 0.2) is 30.3 Å². The van der Waals surface area contributed by atoms with Crippen LogP contribution in [0.1, 0.15) is 31.2 Å². The topological polar surface area (TPSA) is 12.0 Å². The molecule has 0 bridgehead atoms. The highest BCUT2D eigenvalue weighted by atomic mass is 35.5. The van der Waals surface area contributed by atoms with Gasteiger partial charge in [0.15, 0.2) is 0 Å². The fourth-order valence-electron chi connectivity index (χ4n) is 1.53. The second-order valence-electron chi connectivity index (χ2n) is 3.99. The van der Waals surface area contributed by atoms with Crippen LogP contribution in [-0.2, 0) is 0 Å². The van der Waals surface area contributed by atoms with Crippen LogP contribution in [0, 0.1) is 0 Å². The Morgan fingerprint density at radius 3 is 2.50 bits per heavy atom. The van der Waals surface area contributed by atoms with E-state index in [-0.39, 0.29) is 12.4 Å². The molecule has 0 radical (unpaired) electrons. The zero-order valence-corrected chi connectivity index (χ0v) is 9.39. The third kappa shape index (κ3) is 3.32. The number of hydrogen-bond donors (Lipinski definition) is 1. The smallest absolute Gasteiger partial charge is 0.00684 e. The minimum atomic E-state index is 0. The highest BCUT2D eigenvalue weighted by Gasteiger charge is 2.20. The summed E-state index contributed by atoms with van der Waals surface area (Å²) >= 11 is 0. The molecule has 1 aliphatic rings. The van der Waals surface area contributed by atoms with Crippen molar-refractivity contribution in [2.75, 3.05) is 6.54 Å². The minimum Gasteiger partial charge on any atom is -0.313 e. The molecule has 1 nitrogen and oxygen atoms in total. The predicted octanol–water partition coefficient (Wildman–Crippen LogP) is 2.96. The number of benzene rings is 1. The molecule has 2 rings (SSSR count). The van der Waals surface area contributed by atoms with E-state index in [4.69, 9.17) is 0 Å². The minimum absolute atomic E-state index is 0. The summed E-state index contributed by atoms with van der Waals surface area (Å²) in [4.78, 5) is 0. The molecule has 0 heterocycles. The van der Waals surface area contributed by atoms with E-state index in [2.05, 4.69) is 42.6 Å². The summed E-state index contributed by atoms with van der Waals surface area (Å²) in [6.45, 7) is 3.40. The third-order valence-electron chi connectivity index (χ3n) is 2.66. The highest BCUT2D eigenvalue weighted by molar-refractivity contribution is 5.85. The summed E-state index contributed by atoms with van der Waals surface area (Å²) in [6.07, 6.45) is 2.75. The van der Waals surface area contributed by atoms with E-state index < -0.39 is 0 Å². The summed E-state index contributed by atoms with van der Waals surface area (Å²) in [7, 11) is 0. The average Bonchev–Trinajstić information content (AvgIpc) is 2.99. The van der Waals surface area contributed by atoms with Gasteiger partial charge in [-0.3, -0.25) is 0 Å². The van der Waals surface area contributed by atoms with E-state index in [1.807, 2.05) is 0 Å². The maximum Gasteiger partial charge on any atom is 0.00684 e. The maximum atomic E-state index is 3.55. The Labute approximate surface area is 92.3 Å². The van der Waals surface area contributed by atoms with Gasteiger partial charge >= 0.3 is 0 Å². The second kappa shape index (κ2) is 5.38. The van der Waals surface area contributed by atoms with Crippen molar-refractivity contribution in [3.63, 3.8) is 0 Å². The molecule has 1 unspecified atom stereocenters. The highest BCUT2D eigenvalue weighted by Crippen LogP contribution is 2.20. The lowest BCUT2D eigenvalue weighted by molar-refractivity contribution is 0.612. The monoisotopic (exact) mass is 211 g/mol. The van der Waals surface area contributed by atoms with Gasteiger partial charge in [0.1, 0.15) is 0 Å². The molecule has 1 aromatic carbocycles. The zero-order valence-electron chi connectivity index (χ0n) is 8.57. The van der Waals surface area contributed by atoms with E-state index in [9.17, 15) is 0 Å². The van der Waals surface area contributed by atoms with Gasteiger partial charge < -0.3 is 5.32 Å². The third-order valence-corrected chi connectivity index (χ3v) is 2.66. The van der Waals surface area contributed by atoms with Crippen molar-refractivity contribution in [3.8, 4) is 0 Å². The molecular weight excluding hydrogens is 194 g/mol. The second-order valence-corrected chi connectivity index (χ2v) is 3.99. The SMILES string of the molecule is CC(CNC1CC1)c1ccccc1.Cl. The van der Waals surface area contributed by atoms with Crippen LogP contribution in [0.3, 0.4) is 0 Å². The lowest BCUT2D eigenvalue weighted by Gasteiger charge is -2.12. The molecule has 0 saturated heterocycles. The maximum absolute atomic E-state index is 3.55. The molecule has 1 atom stereocenters. The normalized spacial score (nSPS) is 17.2. The predicted molar refractivity (Wildman–Crippen MR) is 63.1 cm³/mol. The summed E-state index contributed by atoms with van der Waals surface area (Å²) in [5.74, 6) is 0.641. The number of halogens is 1. The van der Waals surface area contributed by atoms with Crippen LogP contribution in [-0.4, -0.2) is 12.6 Å². The quantitative estimate of drug-likeness (QED) is 0.808. The molecule has 1 fully saturated rings. The number of rotatable bonds is 4. The van der Waals surface area contributed by atoms with Crippen LogP contribution in [0.5, 0.6) is 0 Å². The molecule has 0 aliphatic heterocycles. The Bertz CT molecular complexity index is 256. The summed E-state index contributed by atoms with van der Waals surface area (Å²) in [5.41, 5.74) is 1.44. The van der Waals surface area contributed by atoms with Crippen LogP contribution in [0.25, 0.3) is 0 Å². The van der Waals surface area contributed by atoms with Crippen molar-refractivity contribution in [2.24, 2.45) is 0 Å². The van der Waals surface area contributed by atoms with E-state index in [0.29, 0.717) is 5.92 Å². The van der Waals surface area contributed by atoms with Gasteiger partial charge in [0.25, 0.3) is 0 Å². The van der Waals surface area contributed by atoms with E-state index in [1.165, 1.54) is 18.4 Å². The molecule has 0 aromatic heterocycles. The van der Waals surface area contributed by atoms with Crippen LogP contribution >= 0.6 is 12.4 Å². The molecule has 1 N–H and O–H groups in total. The Morgan fingerprint density at radius 2 is 1.93 bits per heavy atom. The fraction of sp³-hybridized carbons (Fsp3) is 0.500. The molecule has 0 amide bonds. The van der Waals surface area contributed by atoms with Gasteiger partial charge in [-0.05, 0) is 24.3 Å². The van der Waals surface area contributed by atoms with Crippen molar-refractivity contribution in [1.29, 1.82) is 0 Å². The summed E-state index contributed by atoms with van der Waals surface area (Å²) in [6, 6.07) is 11.5. The number of nitrogens with one attached hydrogen (secondary N) is 1. The molecule has 14 heavy (non-hydrogen) atoms. The Balaban J connectivity index is 0.000000980. The first-order valence-corrected chi connectivity index (χ1v) is 5.14. The Morgan fingerprint density at radius 1 is 1.29 bits per heavy atom. The average molecular weight is 212 g/mol. The molecule has 2 heteroatoms. The van der Waals surface area contributed by atoms with Crippen molar-refractivity contribution in [2.45, 2.75) is 31.7 Å². The fourth-order valence-corrected chi connectivity index (χ4v) is 1.53. The first kappa shape index (κ1) is 11.5. The lowest BCUT2D eigenvalue weighted by atomic mass is 10.0. The van der Waals surface area contributed by atoms with Crippen LogP contribution < -0.4 is 5.32 Å². The van der Waals surface area contributed by atoms with Gasteiger partial charge in [-0.2, -0.15) is 0 Å². The molecule has 0 spiro atoms. The van der Waals surface area contributed by atoms with Gasteiger partial charge in [-0.25, -0.2) is 0 Å². The van der Waals surface area contributed by atoms with Crippen molar-refractivity contribution in [3.05, 3.63) is 35.9 Å². The first-order chi connectivity index (χ1) is 6.36. The van der Waals surface area contributed by atoms with Crippen molar-refractivity contribution < 1.29 is 0 Å². The largest absolute Gasteiger partial charge is 0.313 e. The van der Waals surface area contributed by atoms with Gasteiger partial charge in [0.2, 0.25) is 0 Å². The van der Waals surface area contributed by atoms with Gasteiger partial charge in [-0.15, -0.1) is 12.4 Å². The van der Waals surface area contributed by atoms with Gasteiger partial charge in [0.05, 0.1) is 0 Å². The Kier molecular flexibility index (Phi) is 4.43. The standard InChI is InChI=1S/C12H17N.ClH/c1-10(9-13-12-7-8-12)11-5-3-2-4-6-11;/h2-6,10,12-13H,7-9H2,1H3;1H. The number of hydrogen-bond acceptors (Lipinski definition) is 1. The summed E-state index contributed by atoms with van der Waals surface area (Å²) < 4.78 is 0. The first-order valence-electron chi connectivity index (χ1n) is 5.14. The Hall–Kier alpha value is -0.530. The van der Waals surface area contributed by atoms with Crippen LogP contribution in [0.2, 0.25) is 0 Å². The van der Waals surface area contributed by atoms with Crippen molar-refractivity contribution >= 4 is 12.4 Å². The van der Waals surface area contributed by atoms with E-state index >= 15 is 0 Å². The van der Waals surface area contributed by atoms with Crippen LogP contribution in [0.4, 0.5) is 0 Å². The molecular formula is C12H18ClN. The van der Waals surface area contributed by atoms with E-state index in [0.717, 1.165) is 12.6 Å². The molecule has 1 aliphatic carbocycles. The molecule has 1 saturated carbocycles. The van der Waals surface area contributed by atoms with Crippen molar-refractivity contribution in [1.82, 2.24) is 5.32 Å². The summed E-state index contributed by atoms with van der Waals surface area (Å²) in [5, 5.41) is 3.55.